The Balaban J connectivity index is 2.06. The molecule has 16 heavy (non-hydrogen) atoms. The molecule has 0 radical (unpaired) electrons. The summed E-state index contributed by atoms with van der Waals surface area (Å²) in [6.07, 6.45) is 2.96. The van der Waals surface area contributed by atoms with Crippen molar-refractivity contribution in [3.05, 3.63) is 54.1 Å². The van der Waals surface area contributed by atoms with Crippen molar-refractivity contribution in [3.8, 4) is 0 Å². The number of nitrogens with zero attached hydrogens (tertiary/aromatic N) is 1. The minimum atomic E-state index is -0.543. The van der Waals surface area contributed by atoms with Crippen LogP contribution in [0.15, 0.2) is 42.7 Å². The standard InChI is InChI=1S/C11H9N3O2/c15-10(8-4-2-1-3-5-8)14-11(16)9-12-6-7-13-9/h1-7H,(H,12,13)(H,14,15,16). The molecule has 0 aliphatic carbocycles. The lowest BCUT2D eigenvalue weighted by molar-refractivity contribution is 0.0843. The van der Waals surface area contributed by atoms with Crippen LogP contribution in [0.3, 0.4) is 0 Å². The van der Waals surface area contributed by atoms with Gasteiger partial charge < -0.3 is 4.98 Å². The molecule has 2 amide bonds. The van der Waals surface area contributed by atoms with Crippen molar-refractivity contribution in [2.75, 3.05) is 0 Å². The number of aromatic nitrogens is 2. The molecule has 0 bridgehead atoms. The first kappa shape index (κ1) is 10.1. The molecule has 2 N–H and O–H groups in total. The summed E-state index contributed by atoms with van der Waals surface area (Å²) in [4.78, 5) is 29.4. The number of imide groups is 1. The summed E-state index contributed by atoms with van der Waals surface area (Å²) in [6.45, 7) is 0. The van der Waals surface area contributed by atoms with Crippen LogP contribution in [0.4, 0.5) is 0 Å². The Morgan fingerprint density at radius 2 is 1.88 bits per heavy atom. The molecule has 0 fully saturated rings. The van der Waals surface area contributed by atoms with Crippen molar-refractivity contribution >= 4 is 11.8 Å². The molecule has 0 aliphatic rings. The first-order chi connectivity index (χ1) is 7.77. The summed E-state index contributed by atoms with van der Waals surface area (Å²) in [6, 6.07) is 8.51. The number of hydrogen-bond donors (Lipinski definition) is 2. The van der Waals surface area contributed by atoms with Crippen molar-refractivity contribution in [1.82, 2.24) is 15.3 Å². The quantitative estimate of drug-likeness (QED) is 0.733. The number of benzene rings is 1. The van der Waals surface area contributed by atoms with Gasteiger partial charge in [-0.2, -0.15) is 0 Å². The number of imidazole rings is 1. The molecule has 0 aliphatic heterocycles. The van der Waals surface area contributed by atoms with E-state index in [4.69, 9.17) is 0 Å². The van der Waals surface area contributed by atoms with Crippen LogP contribution >= 0.6 is 0 Å². The molecule has 0 saturated carbocycles. The van der Waals surface area contributed by atoms with E-state index in [-0.39, 0.29) is 5.82 Å². The van der Waals surface area contributed by atoms with E-state index in [0.717, 1.165) is 0 Å². The molecule has 0 saturated heterocycles. The molecule has 5 nitrogen and oxygen atoms in total. The van der Waals surface area contributed by atoms with Crippen LogP contribution in [-0.2, 0) is 0 Å². The summed E-state index contributed by atoms with van der Waals surface area (Å²) < 4.78 is 0. The van der Waals surface area contributed by atoms with Gasteiger partial charge in [0.25, 0.3) is 11.8 Å². The van der Waals surface area contributed by atoms with E-state index in [2.05, 4.69) is 15.3 Å². The van der Waals surface area contributed by atoms with Gasteiger partial charge in [0.05, 0.1) is 0 Å². The van der Waals surface area contributed by atoms with Gasteiger partial charge >= 0.3 is 0 Å². The lowest BCUT2D eigenvalue weighted by Gasteiger charge is -2.01. The van der Waals surface area contributed by atoms with E-state index in [1.807, 2.05) is 0 Å². The SMILES string of the molecule is O=C(NC(=O)c1ncc[nH]1)c1ccccc1. The molecule has 0 unspecified atom stereocenters. The van der Waals surface area contributed by atoms with E-state index >= 15 is 0 Å². The average molecular weight is 215 g/mol. The predicted molar refractivity (Wildman–Crippen MR) is 56.8 cm³/mol. The summed E-state index contributed by atoms with van der Waals surface area (Å²) in [5, 5.41) is 2.23. The highest BCUT2D eigenvalue weighted by Crippen LogP contribution is 1.98. The molecule has 80 valence electrons. The van der Waals surface area contributed by atoms with E-state index in [1.54, 1.807) is 30.3 Å². The Morgan fingerprint density at radius 1 is 1.12 bits per heavy atom. The third-order valence-electron chi connectivity index (χ3n) is 1.98. The summed E-state index contributed by atoms with van der Waals surface area (Å²) in [5.74, 6) is -0.870. The van der Waals surface area contributed by atoms with Crippen LogP contribution in [0.2, 0.25) is 0 Å². The van der Waals surface area contributed by atoms with Crippen LogP contribution in [0.25, 0.3) is 0 Å². The Labute approximate surface area is 91.5 Å². The van der Waals surface area contributed by atoms with Crippen LogP contribution < -0.4 is 5.32 Å². The Bertz CT molecular complexity index is 491. The first-order valence-corrected chi connectivity index (χ1v) is 4.67. The van der Waals surface area contributed by atoms with Gasteiger partial charge in [-0.15, -0.1) is 0 Å². The molecule has 1 heterocycles. The van der Waals surface area contributed by atoms with Crippen molar-refractivity contribution in [2.24, 2.45) is 0 Å². The van der Waals surface area contributed by atoms with Gasteiger partial charge in [-0.3, -0.25) is 14.9 Å². The zero-order valence-corrected chi connectivity index (χ0v) is 8.31. The lowest BCUT2D eigenvalue weighted by Crippen LogP contribution is -2.31. The molecular formula is C11H9N3O2. The second-order valence-corrected chi connectivity index (χ2v) is 3.09. The number of carbonyl (C=O) groups is 2. The minimum absolute atomic E-state index is 0.115. The molecular weight excluding hydrogens is 206 g/mol. The molecule has 0 atom stereocenters. The van der Waals surface area contributed by atoms with Gasteiger partial charge in [0.2, 0.25) is 0 Å². The van der Waals surface area contributed by atoms with Gasteiger partial charge in [0, 0.05) is 18.0 Å². The summed E-state index contributed by atoms with van der Waals surface area (Å²) >= 11 is 0. The number of aromatic amines is 1. The van der Waals surface area contributed by atoms with Crippen molar-refractivity contribution in [1.29, 1.82) is 0 Å². The number of nitrogens with one attached hydrogen (secondary N) is 2. The van der Waals surface area contributed by atoms with Gasteiger partial charge in [-0.25, -0.2) is 4.98 Å². The fourth-order valence-electron chi connectivity index (χ4n) is 1.21. The normalized spacial score (nSPS) is 9.75. The Kier molecular flexibility index (Phi) is 2.77. The van der Waals surface area contributed by atoms with E-state index in [0.29, 0.717) is 5.56 Å². The molecule has 2 aromatic rings. The fourth-order valence-corrected chi connectivity index (χ4v) is 1.21. The van der Waals surface area contributed by atoms with E-state index in [1.165, 1.54) is 12.4 Å². The van der Waals surface area contributed by atoms with Gasteiger partial charge in [0.15, 0.2) is 5.82 Å². The highest BCUT2D eigenvalue weighted by Gasteiger charge is 2.12. The average Bonchev–Trinajstić information content (AvgIpc) is 2.83. The van der Waals surface area contributed by atoms with Crippen LogP contribution in [0.5, 0.6) is 0 Å². The highest BCUT2D eigenvalue weighted by molar-refractivity contribution is 6.08. The second-order valence-electron chi connectivity index (χ2n) is 3.09. The van der Waals surface area contributed by atoms with Crippen LogP contribution in [-0.4, -0.2) is 21.8 Å². The van der Waals surface area contributed by atoms with E-state index in [9.17, 15) is 9.59 Å². The maximum atomic E-state index is 11.6. The third kappa shape index (κ3) is 2.14. The van der Waals surface area contributed by atoms with Crippen molar-refractivity contribution < 1.29 is 9.59 Å². The maximum Gasteiger partial charge on any atom is 0.293 e. The highest BCUT2D eigenvalue weighted by atomic mass is 16.2. The number of carbonyl (C=O) groups excluding carboxylic acids is 2. The second kappa shape index (κ2) is 4.39. The molecule has 2 rings (SSSR count). The van der Waals surface area contributed by atoms with Crippen molar-refractivity contribution in [3.63, 3.8) is 0 Å². The molecule has 1 aromatic carbocycles. The number of hydrogen-bond acceptors (Lipinski definition) is 3. The zero-order chi connectivity index (χ0) is 11.4. The summed E-state index contributed by atoms with van der Waals surface area (Å²) in [5.41, 5.74) is 0.433. The molecule has 5 heteroatoms. The van der Waals surface area contributed by atoms with E-state index < -0.39 is 11.8 Å². The van der Waals surface area contributed by atoms with Gasteiger partial charge in [-0.05, 0) is 12.1 Å². The maximum absolute atomic E-state index is 11.6. The Morgan fingerprint density at radius 3 is 2.50 bits per heavy atom. The predicted octanol–water partition coefficient (Wildman–Crippen LogP) is 0.980. The zero-order valence-electron chi connectivity index (χ0n) is 8.31. The molecule has 0 spiro atoms. The number of rotatable bonds is 2. The Hall–Kier alpha value is -2.43. The largest absolute Gasteiger partial charge is 0.341 e. The third-order valence-corrected chi connectivity index (χ3v) is 1.98. The smallest absolute Gasteiger partial charge is 0.293 e. The number of amides is 2. The van der Waals surface area contributed by atoms with Crippen LogP contribution in [0.1, 0.15) is 21.0 Å². The van der Waals surface area contributed by atoms with Crippen molar-refractivity contribution in [2.45, 2.75) is 0 Å². The monoisotopic (exact) mass is 215 g/mol. The lowest BCUT2D eigenvalue weighted by atomic mass is 10.2. The van der Waals surface area contributed by atoms with Crippen LogP contribution in [0, 0.1) is 0 Å². The van der Waals surface area contributed by atoms with Gasteiger partial charge in [0.1, 0.15) is 0 Å². The first-order valence-electron chi connectivity index (χ1n) is 4.67. The summed E-state index contributed by atoms with van der Waals surface area (Å²) in [7, 11) is 0. The fraction of sp³-hybridized carbons (Fsp3) is 0. The van der Waals surface area contributed by atoms with Gasteiger partial charge in [-0.1, -0.05) is 18.2 Å². The number of H-pyrrole nitrogens is 1. The molecule has 1 aromatic heterocycles. The minimum Gasteiger partial charge on any atom is -0.341 e. The topological polar surface area (TPSA) is 74.8 Å².